The molecule has 0 fully saturated rings. The van der Waals surface area contributed by atoms with E-state index in [1.165, 1.54) is 42.5 Å². The summed E-state index contributed by atoms with van der Waals surface area (Å²) in [7, 11) is 0. The third-order valence-electron chi connectivity index (χ3n) is 4.08. The molecule has 0 aliphatic heterocycles. The number of nitro benzene ring substituents is 1. The lowest BCUT2D eigenvalue weighted by Crippen LogP contribution is -2.15. The summed E-state index contributed by atoms with van der Waals surface area (Å²) >= 11 is 0. The van der Waals surface area contributed by atoms with Gasteiger partial charge in [-0.2, -0.15) is 0 Å². The molecule has 0 atom stereocenters. The maximum atomic E-state index is 12.7. The monoisotopic (exact) mass is 415 g/mol. The molecule has 1 heterocycles. The van der Waals surface area contributed by atoms with E-state index in [2.05, 4.69) is 0 Å². The Kier molecular flexibility index (Phi) is 6.40. The van der Waals surface area contributed by atoms with Crippen LogP contribution in [0.2, 0.25) is 0 Å². The van der Waals surface area contributed by atoms with Crippen molar-refractivity contribution in [1.29, 1.82) is 0 Å². The first kappa shape index (κ1) is 21.0. The van der Waals surface area contributed by atoms with E-state index in [0.717, 1.165) is 0 Å². The quantitative estimate of drug-likeness (QED) is 0.230. The molecule has 10 nitrogen and oxygen atoms in total. The lowest BCUT2D eigenvalue weighted by Gasteiger charge is -2.13. The minimum Gasteiger partial charge on any atom is -0.487 e. The van der Waals surface area contributed by atoms with Crippen LogP contribution in [0.4, 0.5) is 5.69 Å². The van der Waals surface area contributed by atoms with Crippen LogP contribution in [0.15, 0.2) is 51.7 Å². The molecular formula is C20H17NO9. The Morgan fingerprint density at radius 1 is 1.00 bits per heavy atom. The summed E-state index contributed by atoms with van der Waals surface area (Å²) in [5.74, 6) is -0.228. The van der Waals surface area contributed by atoms with Crippen LogP contribution in [0.5, 0.6) is 11.5 Å². The Bertz CT molecular complexity index is 1140. The van der Waals surface area contributed by atoms with E-state index in [1.807, 2.05) is 0 Å². The molecule has 30 heavy (non-hydrogen) atoms. The summed E-state index contributed by atoms with van der Waals surface area (Å²) in [6.45, 7) is -0.538. The summed E-state index contributed by atoms with van der Waals surface area (Å²) < 4.78 is 16.0. The normalized spacial score (nSPS) is 10.7. The smallest absolute Gasteiger partial charge is 0.347 e. The van der Waals surface area contributed by atoms with Crippen molar-refractivity contribution in [1.82, 2.24) is 0 Å². The number of non-ortho nitro benzene ring substituents is 1. The van der Waals surface area contributed by atoms with Crippen molar-refractivity contribution in [3.63, 3.8) is 0 Å². The minimum absolute atomic E-state index is 0.0215. The van der Waals surface area contributed by atoms with Gasteiger partial charge in [0, 0.05) is 29.1 Å². The molecule has 0 saturated heterocycles. The number of rotatable bonds is 9. The number of nitro groups is 1. The van der Waals surface area contributed by atoms with Crippen molar-refractivity contribution in [3.8, 4) is 11.5 Å². The molecule has 10 heteroatoms. The first-order valence-electron chi connectivity index (χ1n) is 8.83. The summed E-state index contributed by atoms with van der Waals surface area (Å²) in [4.78, 5) is 35.2. The lowest BCUT2D eigenvalue weighted by atomic mass is 10.0. The van der Waals surface area contributed by atoms with Gasteiger partial charge in [0.1, 0.15) is 24.4 Å². The van der Waals surface area contributed by atoms with E-state index >= 15 is 0 Å². The fourth-order valence-corrected chi connectivity index (χ4v) is 2.71. The summed E-state index contributed by atoms with van der Waals surface area (Å²) in [5.41, 5.74) is -1.11. The Balaban J connectivity index is 2.03. The van der Waals surface area contributed by atoms with Gasteiger partial charge in [-0.3, -0.25) is 14.9 Å². The fraction of sp³-hybridized carbons (Fsp3) is 0.200. The second kappa shape index (κ2) is 9.16. The average molecular weight is 415 g/mol. The molecular weight excluding hydrogens is 398 g/mol. The van der Waals surface area contributed by atoms with Gasteiger partial charge in [0.25, 0.3) is 5.69 Å². The molecule has 0 radical (unpaired) electrons. The largest absolute Gasteiger partial charge is 0.487 e. The molecule has 2 N–H and O–H groups in total. The molecule has 0 saturated carbocycles. The van der Waals surface area contributed by atoms with Crippen LogP contribution in [-0.2, 0) is 0 Å². The minimum atomic E-state index is -0.886. The number of carbonyl (C=O) groups is 1. The van der Waals surface area contributed by atoms with Crippen LogP contribution in [0, 0.1) is 10.1 Å². The molecule has 2 aromatic carbocycles. The van der Waals surface area contributed by atoms with E-state index in [-0.39, 0.29) is 60.3 Å². The van der Waals surface area contributed by atoms with Crippen LogP contribution in [0.25, 0.3) is 11.0 Å². The summed E-state index contributed by atoms with van der Waals surface area (Å²) in [5, 5.41) is 29.1. The summed E-state index contributed by atoms with van der Waals surface area (Å²) in [6.07, 6.45) is 0. The number of aliphatic hydroxyl groups excluding tert-OH is 2. The van der Waals surface area contributed by atoms with Crippen LogP contribution >= 0.6 is 0 Å². The number of aliphatic hydroxyl groups is 2. The average Bonchev–Trinajstić information content (AvgIpc) is 2.75. The highest BCUT2D eigenvalue weighted by Crippen LogP contribution is 2.32. The molecule has 1 aromatic heterocycles. The van der Waals surface area contributed by atoms with E-state index < -0.39 is 16.3 Å². The second-order valence-corrected chi connectivity index (χ2v) is 6.06. The van der Waals surface area contributed by atoms with Crippen molar-refractivity contribution in [3.05, 3.63) is 74.1 Å². The molecule has 0 spiro atoms. The highest BCUT2D eigenvalue weighted by molar-refractivity contribution is 6.10. The van der Waals surface area contributed by atoms with Gasteiger partial charge in [0.05, 0.1) is 18.1 Å². The molecule has 0 aliphatic carbocycles. The predicted molar refractivity (Wildman–Crippen MR) is 104 cm³/mol. The van der Waals surface area contributed by atoms with Crippen LogP contribution in [-0.4, -0.2) is 47.3 Å². The predicted octanol–water partition coefficient (Wildman–Crippen LogP) is 1.67. The zero-order valence-electron chi connectivity index (χ0n) is 15.6. The van der Waals surface area contributed by atoms with Gasteiger partial charge in [0.15, 0.2) is 17.3 Å². The summed E-state index contributed by atoms with van der Waals surface area (Å²) in [6, 6.07) is 9.04. The van der Waals surface area contributed by atoms with E-state index in [1.54, 1.807) is 0 Å². The van der Waals surface area contributed by atoms with Crippen molar-refractivity contribution in [2.24, 2.45) is 0 Å². The maximum absolute atomic E-state index is 12.7. The van der Waals surface area contributed by atoms with Gasteiger partial charge < -0.3 is 24.1 Å². The van der Waals surface area contributed by atoms with Crippen LogP contribution < -0.4 is 15.1 Å². The first-order chi connectivity index (χ1) is 14.4. The number of benzene rings is 2. The van der Waals surface area contributed by atoms with E-state index in [9.17, 15) is 19.7 Å². The highest BCUT2D eigenvalue weighted by atomic mass is 16.6. The Hall–Kier alpha value is -3.76. The van der Waals surface area contributed by atoms with Gasteiger partial charge in [-0.1, -0.05) is 0 Å². The van der Waals surface area contributed by atoms with Crippen LogP contribution in [0.3, 0.4) is 0 Å². The lowest BCUT2D eigenvalue weighted by molar-refractivity contribution is -0.384. The SMILES string of the molecule is O=C(c1ccc([N+](=O)[O-])cc1)c1cc2cc(OCCO)c(OCCO)cc2oc1=O. The molecule has 3 aromatic rings. The Labute approximate surface area is 169 Å². The number of hydrogen-bond acceptors (Lipinski definition) is 9. The molecule has 0 aliphatic rings. The first-order valence-corrected chi connectivity index (χ1v) is 8.83. The van der Waals surface area contributed by atoms with Gasteiger partial charge in [-0.25, -0.2) is 4.79 Å². The van der Waals surface area contributed by atoms with Crippen molar-refractivity contribution in [2.45, 2.75) is 0 Å². The van der Waals surface area contributed by atoms with Crippen molar-refractivity contribution in [2.75, 3.05) is 26.4 Å². The van der Waals surface area contributed by atoms with Crippen LogP contribution in [0.1, 0.15) is 15.9 Å². The highest BCUT2D eigenvalue weighted by Gasteiger charge is 2.19. The zero-order chi connectivity index (χ0) is 21.7. The maximum Gasteiger partial charge on any atom is 0.347 e. The van der Waals surface area contributed by atoms with Gasteiger partial charge in [-0.05, 0) is 24.3 Å². The number of ether oxygens (including phenoxy) is 2. The zero-order valence-corrected chi connectivity index (χ0v) is 15.6. The molecule has 0 unspecified atom stereocenters. The standard InChI is InChI=1S/C20H17NO9/c22-5-7-28-17-10-13-9-15(19(24)12-1-3-14(4-2-12)21(26)27)20(25)30-16(13)11-18(17)29-8-6-23/h1-4,9-11,22-23H,5-8H2. The van der Waals surface area contributed by atoms with Gasteiger partial charge in [-0.15, -0.1) is 0 Å². The molecule has 156 valence electrons. The van der Waals surface area contributed by atoms with E-state index in [4.69, 9.17) is 24.1 Å². The Morgan fingerprint density at radius 3 is 2.17 bits per heavy atom. The fourth-order valence-electron chi connectivity index (χ4n) is 2.71. The van der Waals surface area contributed by atoms with Crippen molar-refractivity contribution < 1.29 is 33.8 Å². The third-order valence-corrected chi connectivity index (χ3v) is 4.08. The number of ketones is 1. The number of nitrogens with zero attached hydrogens (tertiary/aromatic N) is 1. The van der Waals surface area contributed by atoms with Gasteiger partial charge in [0.2, 0.25) is 0 Å². The number of fused-ring (bicyclic) bond motifs is 1. The molecule has 0 bridgehead atoms. The van der Waals surface area contributed by atoms with Crippen molar-refractivity contribution >= 4 is 22.4 Å². The second-order valence-electron chi connectivity index (χ2n) is 6.06. The van der Waals surface area contributed by atoms with E-state index in [0.29, 0.717) is 5.39 Å². The molecule has 3 rings (SSSR count). The third kappa shape index (κ3) is 4.45. The number of carbonyl (C=O) groups excluding carboxylic acids is 1. The topological polar surface area (TPSA) is 149 Å². The number of hydrogen-bond donors (Lipinski definition) is 2. The Morgan fingerprint density at radius 2 is 1.60 bits per heavy atom. The van der Waals surface area contributed by atoms with Gasteiger partial charge >= 0.3 is 5.63 Å². The molecule has 0 amide bonds.